The highest BCUT2D eigenvalue weighted by atomic mass is 16.5. The van der Waals surface area contributed by atoms with E-state index in [1.807, 2.05) is 6.92 Å². The summed E-state index contributed by atoms with van der Waals surface area (Å²) in [6.07, 6.45) is 9.32. The first-order chi connectivity index (χ1) is 15.5. The summed E-state index contributed by atoms with van der Waals surface area (Å²) in [5, 5.41) is 11.6. The maximum absolute atomic E-state index is 13.0. The van der Waals surface area contributed by atoms with Gasteiger partial charge in [-0.15, -0.1) is 0 Å². The lowest BCUT2D eigenvalue weighted by Gasteiger charge is -2.69. The molecular weight excluding hydrogens is 420 g/mol. The van der Waals surface area contributed by atoms with Crippen LogP contribution in [-0.2, 0) is 23.9 Å². The topological polar surface area (TPSA) is 89.9 Å². The number of Topliss-reactive ketones (excluding diaryl/α,β-unsaturated/α-hetero) is 1. The third-order valence-electron chi connectivity index (χ3n) is 10.4. The molecule has 1 heterocycles. The van der Waals surface area contributed by atoms with E-state index >= 15 is 0 Å². The second-order valence-corrected chi connectivity index (χ2v) is 12.0. The largest absolute Gasteiger partial charge is 0.493 e. The van der Waals surface area contributed by atoms with Crippen molar-refractivity contribution >= 4 is 17.5 Å². The SMILES string of the molecule is COC1=CC(=O)C=C(CC2C(C)(O)CCC3C2(C)CCC2C4(C)CCCC23COC4=O)C1=O. The molecule has 1 N–H and O–H groups in total. The quantitative estimate of drug-likeness (QED) is 0.512. The Bertz CT molecular complexity index is 975. The highest BCUT2D eigenvalue weighted by Crippen LogP contribution is 2.71. The van der Waals surface area contributed by atoms with Crippen molar-refractivity contribution in [2.24, 2.45) is 34.0 Å². The fourth-order valence-corrected chi connectivity index (χ4v) is 8.92. The molecule has 1 saturated heterocycles. The second kappa shape index (κ2) is 7.27. The molecule has 33 heavy (non-hydrogen) atoms. The minimum atomic E-state index is -0.948. The van der Waals surface area contributed by atoms with Crippen molar-refractivity contribution in [1.29, 1.82) is 0 Å². The number of methoxy groups -OCH3 is 1. The van der Waals surface area contributed by atoms with E-state index < -0.39 is 11.0 Å². The maximum atomic E-state index is 13.0. The molecule has 1 aliphatic heterocycles. The lowest BCUT2D eigenvalue weighted by atomic mass is 9.37. The van der Waals surface area contributed by atoms with Crippen LogP contribution in [0.2, 0.25) is 0 Å². The maximum Gasteiger partial charge on any atom is 0.312 e. The first-order valence-electron chi connectivity index (χ1n) is 12.4. The Labute approximate surface area is 195 Å². The van der Waals surface area contributed by atoms with Gasteiger partial charge in [-0.25, -0.2) is 0 Å². The van der Waals surface area contributed by atoms with Crippen molar-refractivity contribution in [3.63, 3.8) is 0 Å². The van der Waals surface area contributed by atoms with Crippen LogP contribution in [0.3, 0.4) is 0 Å². The number of carbonyl (C=O) groups excluding carboxylic acids is 3. The summed E-state index contributed by atoms with van der Waals surface area (Å²) < 4.78 is 11.0. The smallest absolute Gasteiger partial charge is 0.312 e. The normalized spacial score (nSPS) is 47.1. The molecule has 0 amide bonds. The van der Waals surface area contributed by atoms with Crippen LogP contribution in [0.5, 0.6) is 0 Å². The van der Waals surface area contributed by atoms with Gasteiger partial charge < -0.3 is 14.6 Å². The highest BCUT2D eigenvalue weighted by molar-refractivity contribution is 6.19. The van der Waals surface area contributed by atoms with Crippen molar-refractivity contribution < 1.29 is 29.0 Å². The minimum absolute atomic E-state index is 0.0406. The average Bonchev–Trinajstić information content (AvgIpc) is 2.75. The number of carbonyl (C=O) groups is 3. The number of allylic oxidation sites excluding steroid dienone is 3. The number of fused-ring (bicyclic) bond motifs is 1. The van der Waals surface area contributed by atoms with Gasteiger partial charge >= 0.3 is 5.97 Å². The van der Waals surface area contributed by atoms with Gasteiger partial charge in [-0.2, -0.15) is 0 Å². The zero-order valence-electron chi connectivity index (χ0n) is 20.2. The fraction of sp³-hybridized carbons (Fsp3) is 0.741. The van der Waals surface area contributed by atoms with Gasteiger partial charge in [0.25, 0.3) is 0 Å². The Morgan fingerprint density at radius 1 is 1.03 bits per heavy atom. The van der Waals surface area contributed by atoms with Gasteiger partial charge in [0.15, 0.2) is 11.5 Å². The molecule has 6 nitrogen and oxygen atoms in total. The third-order valence-corrected chi connectivity index (χ3v) is 10.4. The molecule has 0 aromatic heterocycles. The average molecular weight is 457 g/mol. The molecule has 180 valence electrons. The summed E-state index contributed by atoms with van der Waals surface area (Å²) in [4.78, 5) is 38.0. The molecular formula is C27H36O6. The molecule has 0 radical (unpaired) electrons. The lowest BCUT2D eigenvalue weighted by Crippen LogP contribution is -2.68. The van der Waals surface area contributed by atoms with Gasteiger partial charge in [-0.3, -0.25) is 14.4 Å². The van der Waals surface area contributed by atoms with E-state index in [2.05, 4.69) is 13.8 Å². The summed E-state index contributed by atoms with van der Waals surface area (Å²) in [6.45, 7) is 6.73. The summed E-state index contributed by atoms with van der Waals surface area (Å²) in [7, 11) is 1.40. The van der Waals surface area contributed by atoms with Crippen LogP contribution in [0.1, 0.15) is 72.1 Å². The minimum Gasteiger partial charge on any atom is -0.493 e. The second-order valence-electron chi connectivity index (χ2n) is 12.0. The molecule has 7 atom stereocenters. The molecule has 7 unspecified atom stereocenters. The van der Waals surface area contributed by atoms with Crippen LogP contribution in [0, 0.1) is 34.0 Å². The van der Waals surface area contributed by atoms with E-state index in [0.717, 1.165) is 38.5 Å². The Kier molecular flexibility index (Phi) is 5.03. The van der Waals surface area contributed by atoms with Crippen LogP contribution in [0.4, 0.5) is 0 Å². The Morgan fingerprint density at radius 2 is 1.76 bits per heavy atom. The van der Waals surface area contributed by atoms with Crippen molar-refractivity contribution in [3.05, 3.63) is 23.5 Å². The molecule has 4 fully saturated rings. The third kappa shape index (κ3) is 3.05. The van der Waals surface area contributed by atoms with Crippen molar-refractivity contribution in [1.82, 2.24) is 0 Å². The number of hydrogen-bond acceptors (Lipinski definition) is 6. The molecule has 0 aromatic rings. The zero-order chi connectivity index (χ0) is 23.8. The van der Waals surface area contributed by atoms with Gasteiger partial charge in [0.1, 0.15) is 0 Å². The standard InChI is InChI=1S/C27H36O6/c1-24-10-6-20-25(2)8-5-9-27(20,15-33-23(25)30)19(24)7-11-26(3,31)21(24)13-16-12-17(28)14-18(32-4)22(16)29/h12,14,19-21,31H,5-11,13,15H2,1-4H3. The molecule has 0 aromatic carbocycles. The van der Waals surface area contributed by atoms with Gasteiger partial charge in [0, 0.05) is 17.1 Å². The monoisotopic (exact) mass is 456 g/mol. The number of esters is 1. The Hall–Kier alpha value is -1.95. The van der Waals surface area contributed by atoms with Crippen LogP contribution < -0.4 is 0 Å². The van der Waals surface area contributed by atoms with E-state index in [4.69, 9.17) is 9.47 Å². The molecule has 5 rings (SSSR count). The Balaban J connectivity index is 1.53. The molecule has 0 spiro atoms. The number of aliphatic hydroxyl groups is 1. The summed E-state index contributed by atoms with van der Waals surface area (Å²) in [5.74, 6) is -0.0501. The fourth-order valence-electron chi connectivity index (χ4n) is 8.92. The van der Waals surface area contributed by atoms with E-state index in [-0.39, 0.29) is 40.0 Å². The number of hydrogen-bond donors (Lipinski definition) is 1. The predicted molar refractivity (Wildman–Crippen MR) is 121 cm³/mol. The van der Waals surface area contributed by atoms with Crippen LogP contribution in [0.25, 0.3) is 0 Å². The molecule has 6 heteroatoms. The van der Waals surface area contributed by atoms with Crippen LogP contribution in [0.15, 0.2) is 23.5 Å². The molecule has 3 saturated carbocycles. The van der Waals surface area contributed by atoms with E-state index in [1.54, 1.807) is 0 Å². The van der Waals surface area contributed by atoms with Gasteiger partial charge in [0.05, 0.1) is 24.7 Å². The summed E-state index contributed by atoms with van der Waals surface area (Å²) in [6, 6.07) is 0. The van der Waals surface area contributed by atoms with Crippen LogP contribution in [-0.4, -0.2) is 42.0 Å². The van der Waals surface area contributed by atoms with Gasteiger partial charge in [0.2, 0.25) is 5.78 Å². The van der Waals surface area contributed by atoms with E-state index in [0.29, 0.717) is 36.9 Å². The van der Waals surface area contributed by atoms with Crippen molar-refractivity contribution in [2.45, 2.75) is 77.7 Å². The number of rotatable bonds is 3. The molecule has 2 bridgehead atoms. The molecule has 5 aliphatic rings. The summed E-state index contributed by atoms with van der Waals surface area (Å²) in [5.41, 5.74) is -1.23. The number of ether oxygens (including phenoxy) is 2. The Morgan fingerprint density at radius 3 is 2.48 bits per heavy atom. The van der Waals surface area contributed by atoms with Gasteiger partial charge in [-0.1, -0.05) is 13.3 Å². The van der Waals surface area contributed by atoms with Crippen molar-refractivity contribution in [2.75, 3.05) is 13.7 Å². The number of ketones is 2. The zero-order valence-corrected chi connectivity index (χ0v) is 20.2. The summed E-state index contributed by atoms with van der Waals surface area (Å²) >= 11 is 0. The van der Waals surface area contributed by atoms with Crippen LogP contribution >= 0.6 is 0 Å². The van der Waals surface area contributed by atoms with Crippen molar-refractivity contribution in [3.8, 4) is 0 Å². The van der Waals surface area contributed by atoms with E-state index in [1.165, 1.54) is 19.3 Å². The first kappa shape index (κ1) is 22.8. The van der Waals surface area contributed by atoms with Gasteiger partial charge in [-0.05, 0) is 88.0 Å². The molecule has 4 aliphatic carbocycles. The highest BCUT2D eigenvalue weighted by Gasteiger charge is 2.69. The van der Waals surface area contributed by atoms with E-state index in [9.17, 15) is 19.5 Å². The predicted octanol–water partition coefficient (Wildman–Crippen LogP) is 3.91. The number of cyclic esters (lactones) is 1. The first-order valence-corrected chi connectivity index (χ1v) is 12.4. The lowest BCUT2D eigenvalue weighted by molar-refractivity contribution is -0.256.